The van der Waals surface area contributed by atoms with Crippen LogP contribution < -0.4 is 4.74 Å². The fraction of sp³-hybridized carbons (Fsp3) is 0.467. The number of ether oxygens (including phenoxy) is 1. The van der Waals surface area contributed by atoms with Gasteiger partial charge in [0.05, 0.1) is 6.54 Å². The molecule has 1 aromatic heterocycles. The fourth-order valence-electron chi connectivity index (χ4n) is 3.66. The van der Waals surface area contributed by atoms with Gasteiger partial charge in [-0.1, -0.05) is 6.07 Å². The van der Waals surface area contributed by atoms with Crippen LogP contribution in [0.5, 0.6) is 5.75 Å². The summed E-state index contributed by atoms with van der Waals surface area (Å²) in [6, 6.07) is 5.10. The lowest BCUT2D eigenvalue weighted by molar-refractivity contribution is -0.00540. The van der Waals surface area contributed by atoms with Crippen molar-refractivity contribution in [1.82, 2.24) is 14.8 Å². The van der Waals surface area contributed by atoms with Crippen LogP contribution in [0.2, 0.25) is 0 Å². The molecular weight excluding hydrogens is 257 g/mol. The number of hydrogen-bond donors (Lipinski definition) is 0. The van der Waals surface area contributed by atoms with E-state index in [4.69, 9.17) is 4.74 Å². The Labute approximate surface area is 116 Å². The lowest BCUT2D eigenvalue weighted by Crippen LogP contribution is -2.47. The first kappa shape index (κ1) is 11.9. The molecule has 0 unspecified atom stereocenters. The van der Waals surface area contributed by atoms with E-state index in [0.29, 0.717) is 18.2 Å². The van der Waals surface area contributed by atoms with E-state index in [9.17, 15) is 4.39 Å². The molecule has 0 saturated heterocycles. The second-order valence-electron chi connectivity index (χ2n) is 5.77. The second kappa shape index (κ2) is 4.30. The fourth-order valence-corrected chi connectivity index (χ4v) is 3.66. The monoisotopic (exact) mass is 273 g/mol. The smallest absolute Gasteiger partial charge is 0.137 e. The summed E-state index contributed by atoms with van der Waals surface area (Å²) in [5.41, 5.74) is 0.475. The minimum absolute atomic E-state index is 0.149. The van der Waals surface area contributed by atoms with Crippen LogP contribution in [-0.4, -0.2) is 20.4 Å². The minimum Gasteiger partial charge on any atom is -0.485 e. The molecule has 4 nitrogen and oxygen atoms in total. The lowest BCUT2D eigenvalue weighted by atomic mass is 9.82. The quantitative estimate of drug-likeness (QED) is 0.844. The summed E-state index contributed by atoms with van der Waals surface area (Å²) >= 11 is 0. The first-order valence-corrected chi connectivity index (χ1v) is 7.06. The molecule has 1 saturated carbocycles. The van der Waals surface area contributed by atoms with E-state index < -0.39 is 0 Å². The van der Waals surface area contributed by atoms with Crippen LogP contribution in [0, 0.1) is 11.7 Å². The molecule has 2 aromatic rings. The highest BCUT2D eigenvalue weighted by Crippen LogP contribution is 2.47. The third-order valence-electron chi connectivity index (χ3n) is 4.63. The summed E-state index contributed by atoms with van der Waals surface area (Å²) in [4.78, 5) is 3.99. The minimum atomic E-state index is -0.255. The summed E-state index contributed by atoms with van der Waals surface area (Å²) in [7, 11) is 0. The van der Waals surface area contributed by atoms with Crippen LogP contribution >= 0.6 is 0 Å². The number of aromatic nitrogens is 3. The molecule has 2 heterocycles. The van der Waals surface area contributed by atoms with Gasteiger partial charge in [0.25, 0.3) is 0 Å². The highest BCUT2D eigenvalue weighted by molar-refractivity contribution is 5.38. The van der Waals surface area contributed by atoms with Gasteiger partial charge in [0.1, 0.15) is 29.8 Å². The number of nitrogens with zero attached hydrogens (tertiary/aromatic N) is 3. The second-order valence-corrected chi connectivity index (χ2v) is 5.77. The van der Waals surface area contributed by atoms with Crippen LogP contribution in [0.15, 0.2) is 30.9 Å². The highest BCUT2D eigenvalue weighted by Gasteiger charge is 2.49. The Morgan fingerprint density at radius 3 is 3.25 bits per heavy atom. The Hall–Kier alpha value is -1.91. The highest BCUT2D eigenvalue weighted by atomic mass is 19.1. The molecule has 1 aliphatic carbocycles. The molecule has 1 aromatic carbocycles. The predicted molar refractivity (Wildman–Crippen MR) is 70.8 cm³/mol. The Bertz CT molecular complexity index is 628. The Morgan fingerprint density at radius 1 is 1.45 bits per heavy atom. The van der Waals surface area contributed by atoms with E-state index in [1.807, 2.05) is 10.7 Å². The van der Waals surface area contributed by atoms with Gasteiger partial charge >= 0.3 is 0 Å². The Morgan fingerprint density at radius 2 is 2.40 bits per heavy atom. The molecule has 5 heteroatoms. The first-order valence-electron chi connectivity index (χ1n) is 7.06. The average Bonchev–Trinajstić information content (AvgIpc) is 3.06. The van der Waals surface area contributed by atoms with Gasteiger partial charge in [0.2, 0.25) is 0 Å². The van der Waals surface area contributed by atoms with Gasteiger partial charge in [-0.3, -0.25) is 0 Å². The van der Waals surface area contributed by atoms with Gasteiger partial charge in [-0.2, -0.15) is 5.10 Å². The van der Waals surface area contributed by atoms with Crippen molar-refractivity contribution < 1.29 is 9.13 Å². The van der Waals surface area contributed by atoms with Crippen molar-refractivity contribution in [2.45, 2.75) is 37.8 Å². The van der Waals surface area contributed by atoms with E-state index in [1.165, 1.54) is 12.4 Å². The standard InChI is InChI=1S/C15H16FN3O/c16-13-4-1-5-14-12(13)7-11-3-2-6-15(11,20-14)8-19-10-17-9-18-19/h1,4-5,9-11H,2-3,6-8H2/t11-,15+/m1/s1. The van der Waals surface area contributed by atoms with Crippen molar-refractivity contribution >= 4 is 0 Å². The maximum Gasteiger partial charge on any atom is 0.137 e. The molecule has 0 amide bonds. The molecule has 2 aliphatic rings. The normalized spacial score (nSPS) is 27.8. The lowest BCUT2D eigenvalue weighted by Gasteiger charge is -2.40. The molecule has 2 atom stereocenters. The molecule has 0 N–H and O–H groups in total. The van der Waals surface area contributed by atoms with E-state index in [1.54, 1.807) is 12.4 Å². The topological polar surface area (TPSA) is 39.9 Å². The van der Waals surface area contributed by atoms with Crippen molar-refractivity contribution in [3.63, 3.8) is 0 Å². The molecule has 1 aliphatic heterocycles. The maximum atomic E-state index is 13.9. The zero-order chi connectivity index (χ0) is 13.6. The number of halogens is 1. The molecular formula is C15H16FN3O. The van der Waals surface area contributed by atoms with Crippen molar-refractivity contribution in [2.75, 3.05) is 0 Å². The summed E-state index contributed by atoms with van der Waals surface area (Å²) in [6.45, 7) is 0.688. The first-order chi connectivity index (χ1) is 9.77. The van der Waals surface area contributed by atoms with Gasteiger partial charge < -0.3 is 4.74 Å². The number of hydrogen-bond acceptors (Lipinski definition) is 3. The predicted octanol–water partition coefficient (Wildman–Crippen LogP) is 2.59. The summed E-state index contributed by atoms with van der Waals surface area (Å²) in [6.07, 6.45) is 7.22. The molecule has 1 fully saturated rings. The van der Waals surface area contributed by atoms with E-state index in [0.717, 1.165) is 31.2 Å². The molecule has 0 bridgehead atoms. The van der Waals surface area contributed by atoms with Gasteiger partial charge in [0, 0.05) is 11.5 Å². The molecule has 104 valence electrons. The zero-order valence-corrected chi connectivity index (χ0v) is 11.1. The van der Waals surface area contributed by atoms with E-state index >= 15 is 0 Å². The average molecular weight is 273 g/mol. The van der Waals surface area contributed by atoms with Crippen molar-refractivity contribution in [1.29, 1.82) is 0 Å². The van der Waals surface area contributed by atoms with Crippen molar-refractivity contribution in [3.05, 3.63) is 42.2 Å². The van der Waals surface area contributed by atoms with Crippen LogP contribution in [0.1, 0.15) is 24.8 Å². The van der Waals surface area contributed by atoms with Crippen LogP contribution in [0.25, 0.3) is 0 Å². The molecule has 20 heavy (non-hydrogen) atoms. The van der Waals surface area contributed by atoms with E-state index in [2.05, 4.69) is 10.1 Å². The number of benzene rings is 1. The Kier molecular flexibility index (Phi) is 2.55. The van der Waals surface area contributed by atoms with Gasteiger partial charge in [-0.05, 0) is 37.8 Å². The zero-order valence-electron chi connectivity index (χ0n) is 11.1. The summed E-state index contributed by atoms with van der Waals surface area (Å²) in [5.74, 6) is 0.906. The van der Waals surface area contributed by atoms with Gasteiger partial charge in [-0.25, -0.2) is 14.1 Å². The largest absolute Gasteiger partial charge is 0.485 e. The SMILES string of the molecule is Fc1cccc2c1C[C@H]1CCC[C@@]1(Cn1cncn1)O2. The van der Waals surface area contributed by atoms with E-state index in [-0.39, 0.29) is 11.4 Å². The van der Waals surface area contributed by atoms with Gasteiger partial charge in [0.15, 0.2) is 0 Å². The third-order valence-corrected chi connectivity index (χ3v) is 4.63. The van der Waals surface area contributed by atoms with Crippen LogP contribution in [0.4, 0.5) is 4.39 Å². The van der Waals surface area contributed by atoms with Crippen LogP contribution in [-0.2, 0) is 13.0 Å². The van der Waals surface area contributed by atoms with Crippen LogP contribution in [0.3, 0.4) is 0 Å². The molecule has 4 rings (SSSR count). The number of fused-ring (bicyclic) bond motifs is 2. The van der Waals surface area contributed by atoms with Crippen molar-refractivity contribution in [2.24, 2.45) is 5.92 Å². The summed E-state index contributed by atoms with van der Waals surface area (Å²) < 4.78 is 22.0. The van der Waals surface area contributed by atoms with Crippen molar-refractivity contribution in [3.8, 4) is 5.75 Å². The molecule has 0 spiro atoms. The maximum absolute atomic E-state index is 13.9. The number of rotatable bonds is 2. The molecule has 0 radical (unpaired) electrons. The Balaban J connectivity index is 1.72. The summed E-state index contributed by atoms with van der Waals surface area (Å²) in [5, 5.41) is 4.19. The van der Waals surface area contributed by atoms with Gasteiger partial charge in [-0.15, -0.1) is 0 Å². The third kappa shape index (κ3) is 1.72.